The van der Waals surface area contributed by atoms with Crippen molar-refractivity contribution in [1.29, 1.82) is 0 Å². The van der Waals surface area contributed by atoms with Gasteiger partial charge in [-0.15, -0.1) is 0 Å². The highest BCUT2D eigenvalue weighted by molar-refractivity contribution is 9.10. The van der Waals surface area contributed by atoms with E-state index in [9.17, 15) is 8.42 Å². The quantitative estimate of drug-likeness (QED) is 0.912. The molecule has 0 amide bonds. The van der Waals surface area contributed by atoms with Gasteiger partial charge in [0.2, 0.25) is 0 Å². The van der Waals surface area contributed by atoms with E-state index >= 15 is 0 Å². The van der Waals surface area contributed by atoms with Crippen LogP contribution in [0.15, 0.2) is 38.8 Å². The number of halogens is 1. The summed E-state index contributed by atoms with van der Waals surface area (Å²) >= 11 is 3.39. The minimum Gasteiger partial charge on any atom is -0.370 e. The number of fused-ring (bicyclic) bond motifs is 1. The van der Waals surface area contributed by atoms with E-state index in [1.165, 1.54) is 6.26 Å². The van der Waals surface area contributed by atoms with Gasteiger partial charge < -0.3 is 9.88 Å². The Morgan fingerprint density at radius 2 is 2.25 bits per heavy atom. The zero-order valence-corrected chi connectivity index (χ0v) is 13.3. The molecule has 0 atom stereocenters. The first-order chi connectivity index (χ1) is 9.45. The van der Waals surface area contributed by atoms with Crippen LogP contribution in [0.3, 0.4) is 0 Å². The number of amidine groups is 1. The fraction of sp³-hybridized carbons (Fsp3) is 0.308. The van der Waals surface area contributed by atoms with Crippen molar-refractivity contribution in [3.8, 4) is 0 Å². The molecule has 7 heteroatoms. The maximum atomic E-state index is 11.9. The molecule has 0 aliphatic carbocycles. The Kier molecular flexibility index (Phi) is 3.33. The molecule has 0 unspecified atom stereocenters. The smallest absolute Gasteiger partial charge is 0.177 e. The Hall–Kier alpha value is -1.34. The molecule has 0 spiro atoms. The van der Waals surface area contributed by atoms with Gasteiger partial charge >= 0.3 is 0 Å². The fourth-order valence-electron chi connectivity index (χ4n) is 2.38. The van der Waals surface area contributed by atoms with Crippen LogP contribution in [-0.2, 0) is 16.4 Å². The van der Waals surface area contributed by atoms with Gasteiger partial charge in [0.1, 0.15) is 5.84 Å². The monoisotopic (exact) mass is 355 g/mol. The van der Waals surface area contributed by atoms with Crippen molar-refractivity contribution in [2.24, 2.45) is 4.99 Å². The first-order valence-electron chi connectivity index (χ1n) is 6.21. The highest BCUT2D eigenvalue weighted by Crippen LogP contribution is 2.28. The van der Waals surface area contributed by atoms with Crippen LogP contribution in [-0.4, -0.2) is 38.2 Å². The van der Waals surface area contributed by atoms with Gasteiger partial charge in [-0.2, -0.15) is 0 Å². The van der Waals surface area contributed by atoms with E-state index in [4.69, 9.17) is 0 Å². The molecule has 1 N–H and O–H groups in total. The maximum Gasteiger partial charge on any atom is 0.177 e. The summed E-state index contributed by atoms with van der Waals surface area (Å²) in [5, 5.41) is 3.94. The molecule has 2 aromatic rings. The Morgan fingerprint density at radius 1 is 1.45 bits per heavy atom. The first kappa shape index (κ1) is 13.6. The van der Waals surface area contributed by atoms with E-state index in [1.54, 1.807) is 6.20 Å². The number of nitrogens with one attached hydrogen (secondary N) is 1. The summed E-state index contributed by atoms with van der Waals surface area (Å²) in [4.78, 5) is 4.71. The van der Waals surface area contributed by atoms with Crippen LogP contribution < -0.4 is 5.32 Å². The van der Waals surface area contributed by atoms with Crippen molar-refractivity contribution in [2.45, 2.75) is 11.4 Å². The number of nitrogens with zero attached hydrogens (tertiary/aromatic N) is 2. The predicted molar refractivity (Wildman–Crippen MR) is 83.1 cm³/mol. The van der Waals surface area contributed by atoms with E-state index in [-0.39, 0.29) is 0 Å². The van der Waals surface area contributed by atoms with Crippen molar-refractivity contribution in [1.82, 2.24) is 9.88 Å². The normalized spacial score (nSPS) is 15.4. The first-order valence-corrected chi connectivity index (χ1v) is 8.89. The lowest BCUT2D eigenvalue weighted by Crippen LogP contribution is -2.23. The topological polar surface area (TPSA) is 63.5 Å². The zero-order chi connectivity index (χ0) is 14.3. The summed E-state index contributed by atoms with van der Waals surface area (Å²) in [5.74, 6) is 0.893. The van der Waals surface area contributed by atoms with Gasteiger partial charge in [-0.1, -0.05) is 15.9 Å². The third-order valence-electron chi connectivity index (χ3n) is 3.27. The van der Waals surface area contributed by atoms with Crippen LogP contribution in [0.2, 0.25) is 0 Å². The summed E-state index contributed by atoms with van der Waals surface area (Å²) in [5.41, 5.74) is 0.894. The summed E-state index contributed by atoms with van der Waals surface area (Å²) < 4.78 is 26.7. The molecule has 1 aliphatic heterocycles. The number of benzene rings is 1. The maximum absolute atomic E-state index is 11.9. The van der Waals surface area contributed by atoms with Crippen LogP contribution >= 0.6 is 15.9 Å². The molecule has 2 heterocycles. The predicted octanol–water partition coefficient (Wildman–Crippen LogP) is 1.81. The molecule has 0 radical (unpaired) electrons. The van der Waals surface area contributed by atoms with Crippen LogP contribution in [0.4, 0.5) is 0 Å². The molecule has 5 nitrogen and oxygen atoms in total. The third-order valence-corrected chi connectivity index (χ3v) is 4.89. The highest BCUT2D eigenvalue weighted by atomic mass is 79.9. The molecular formula is C13H14BrN3O2S. The number of aromatic nitrogens is 1. The van der Waals surface area contributed by atoms with E-state index in [0.717, 1.165) is 34.3 Å². The highest BCUT2D eigenvalue weighted by Gasteiger charge is 2.18. The molecule has 20 heavy (non-hydrogen) atoms. The molecule has 1 aliphatic rings. The fourth-order valence-corrected chi connectivity index (χ4v) is 3.62. The summed E-state index contributed by atoms with van der Waals surface area (Å²) in [6.45, 7) is 2.19. The molecule has 1 aromatic heterocycles. The lowest BCUT2D eigenvalue weighted by Gasteiger charge is -2.05. The van der Waals surface area contributed by atoms with Crippen LogP contribution in [0.5, 0.6) is 0 Å². The van der Waals surface area contributed by atoms with Gasteiger partial charge in [-0.25, -0.2) is 8.42 Å². The Labute approximate surface area is 125 Å². The van der Waals surface area contributed by atoms with Gasteiger partial charge in [0.05, 0.1) is 18.0 Å². The van der Waals surface area contributed by atoms with Crippen molar-refractivity contribution < 1.29 is 8.42 Å². The van der Waals surface area contributed by atoms with Gasteiger partial charge in [0.15, 0.2) is 9.84 Å². The van der Waals surface area contributed by atoms with Crippen LogP contribution in [0.1, 0.15) is 0 Å². The average molecular weight is 356 g/mol. The van der Waals surface area contributed by atoms with Gasteiger partial charge in [0.25, 0.3) is 0 Å². The molecule has 0 saturated heterocycles. The van der Waals surface area contributed by atoms with Crippen LogP contribution in [0.25, 0.3) is 10.9 Å². The SMILES string of the molecule is CS(=O)(=O)c1cn(CC2=NCCN2)c2ccc(Br)cc12. The lowest BCUT2D eigenvalue weighted by atomic mass is 10.2. The van der Waals surface area contributed by atoms with Crippen molar-refractivity contribution in [3.05, 3.63) is 28.9 Å². The van der Waals surface area contributed by atoms with E-state index in [0.29, 0.717) is 11.4 Å². The van der Waals surface area contributed by atoms with Gasteiger partial charge in [-0.05, 0) is 18.2 Å². The molecular weight excluding hydrogens is 342 g/mol. The molecule has 3 rings (SSSR count). The number of hydrogen-bond acceptors (Lipinski definition) is 4. The van der Waals surface area contributed by atoms with Crippen molar-refractivity contribution in [3.63, 3.8) is 0 Å². The summed E-state index contributed by atoms with van der Waals surface area (Å²) in [6, 6.07) is 5.67. The number of rotatable bonds is 3. The second kappa shape index (κ2) is 4.89. The molecule has 106 valence electrons. The van der Waals surface area contributed by atoms with Crippen LogP contribution in [0, 0.1) is 0 Å². The summed E-state index contributed by atoms with van der Waals surface area (Å²) in [6.07, 6.45) is 2.92. The number of hydrogen-bond donors (Lipinski definition) is 1. The largest absolute Gasteiger partial charge is 0.370 e. The van der Waals surface area contributed by atoms with E-state index in [1.807, 2.05) is 22.8 Å². The number of aliphatic imine (C=N–C) groups is 1. The van der Waals surface area contributed by atoms with Crippen molar-refractivity contribution in [2.75, 3.05) is 19.3 Å². The minimum atomic E-state index is -3.26. The molecule has 0 bridgehead atoms. The van der Waals surface area contributed by atoms with Gasteiger partial charge in [0, 0.05) is 34.4 Å². The zero-order valence-electron chi connectivity index (χ0n) is 10.9. The lowest BCUT2D eigenvalue weighted by molar-refractivity contribution is 0.602. The van der Waals surface area contributed by atoms with Gasteiger partial charge in [-0.3, -0.25) is 4.99 Å². The van der Waals surface area contributed by atoms with E-state index < -0.39 is 9.84 Å². The van der Waals surface area contributed by atoms with Crippen molar-refractivity contribution >= 4 is 42.5 Å². The average Bonchev–Trinajstić information content (AvgIpc) is 2.97. The third kappa shape index (κ3) is 2.47. The second-order valence-electron chi connectivity index (χ2n) is 4.81. The molecule has 0 fully saturated rings. The summed E-state index contributed by atoms with van der Waals surface area (Å²) in [7, 11) is -3.26. The van der Waals surface area contributed by atoms with E-state index in [2.05, 4.69) is 26.2 Å². The number of sulfone groups is 1. The minimum absolute atomic E-state index is 0.354. The Bertz CT molecular complexity index is 808. The standard InChI is InChI=1S/C13H14BrN3O2S/c1-20(18,19)12-7-17(8-13-15-4-5-16-13)11-3-2-9(14)6-10(11)12/h2-3,6-7H,4-5,8H2,1H3,(H,15,16). The molecule has 0 saturated carbocycles. The Morgan fingerprint density at radius 3 is 2.90 bits per heavy atom. The molecule has 1 aromatic carbocycles. The second-order valence-corrected chi connectivity index (χ2v) is 7.71. The Balaban J connectivity index is 2.17.